The Kier molecular flexibility index (Phi) is 3.65. The van der Waals surface area contributed by atoms with Gasteiger partial charge in [-0.05, 0) is 32.3 Å². The highest BCUT2D eigenvalue weighted by Gasteiger charge is 2.30. The number of rotatable bonds is 3. The number of likely N-dealkylation sites (tertiary alicyclic amines) is 1. The fourth-order valence-electron chi connectivity index (χ4n) is 3.40. The summed E-state index contributed by atoms with van der Waals surface area (Å²) < 4.78 is 5.88. The van der Waals surface area contributed by atoms with E-state index < -0.39 is 0 Å². The first-order valence-corrected chi connectivity index (χ1v) is 7.54. The highest BCUT2D eigenvalue weighted by molar-refractivity contribution is 5.61. The third-order valence-corrected chi connectivity index (χ3v) is 4.54. The van der Waals surface area contributed by atoms with E-state index in [4.69, 9.17) is 4.74 Å². The van der Waals surface area contributed by atoms with Gasteiger partial charge in [0.05, 0.1) is 5.69 Å². The Morgan fingerprint density at radius 3 is 3.11 bits per heavy atom. The molecule has 2 heterocycles. The zero-order chi connectivity index (χ0) is 13.2. The van der Waals surface area contributed by atoms with Gasteiger partial charge in [0, 0.05) is 30.7 Å². The second kappa shape index (κ2) is 5.41. The fraction of sp³-hybridized carbons (Fsp3) is 0.625. The van der Waals surface area contributed by atoms with Crippen molar-refractivity contribution in [2.75, 3.05) is 18.5 Å². The lowest BCUT2D eigenvalue weighted by atomic mass is 10.1. The van der Waals surface area contributed by atoms with Crippen LogP contribution in [0.15, 0.2) is 18.2 Å². The minimum atomic E-state index is 0.692. The molecule has 0 radical (unpaired) electrons. The third-order valence-electron chi connectivity index (χ3n) is 4.54. The third kappa shape index (κ3) is 2.44. The normalized spacial score (nSPS) is 26.6. The average molecular weight is 260 g/mol. The number of hydrogen-bond donors (Lipinski definition) is 1. The molecule has 1 N–H and O–H groups in total. The molecular weight excluding hydrogens is 236 g/mol. The standard InChI is InChI=1S/C16H24N2O/c1-3-14-8-7-12(2)18(14)11-13-5-4-6-15-16(13)19-10-9-17-15/h4-6,12,14,17H,3,7-11H2,1-2H3. The minimum absolute atomic E-state index is 0.692. The summed E-state index contributed by atoms with van der Waals surface area (Å²) in [4.78, 5) is 2.65. The van der Waals surface area contributed by atoms with Gasteiger partial charge in [0.15, 0.2) is 0 Å². The van der Waals surface area contributed by atoms with Crippen LogP contribution in [0.4, 0.5) is 5.69 Å². The van der Waals surface area contributed by atoms with E-state index in [1.165, 1.54) is 24.8 Å². The van der Waals surface area contributed by atoms with E-state index >= 15 is 0 Å². The molecule has 2 atom stereocenters. The fourth-order valence-corrected chi connectivity index (χ4v) is 3.40. The van der Waals surface area contributed by atoms with E-state index in [1.54, 1.807) is 0 Å². The van der Waals surface area contributed by atoms with Gasteiger partial charge in [-0.3, -0.25) is 4.90 Å². The lowest BCUT2D eigenvalue weighted by molar-refractivity contribution is 0.186. The summed E-state index contributed by atoms with van der Waals surface area (Å²) in [5, 5.41) is 3.42. The lowest BCUT2D eigenvalue weighted by Gasteiger charge is -2.30. The van der Waals surface area contributed by atoms with Crippen molar-refractivity contribution in [2.45, 2.75) is 51.7 Å². The molecule has 19 heavy (non-hydrogen) atoms. The van der Waals surface area contributed by atoms with Crippen LogP contribution in [-0.2, 0) is 6.54 Å². The summed E-state index contributed by atoms with van der Waals surface area (Å²) in [5.74, 6) is 1.07. The largest absolute Gasteiger partial charge is 0.489 e. The Morgan fingerprint density at radius 2 is 2.26 bits per heavy atom. The summed E-state index contributed by atoms with van der Waals surface area (Å²) in [7, 11) is 0. The summed E-state index contributed by atoms with van der Waals surface area (Å²) >= 11 is 0. The van der Waals surface area contributed by atoms with Gasteiger partial charge in [-0.15, -0.1) is 0 Å². The molecule has 0 aliphatic carbocycles. The van der Waals surface area contributed by atoms with Gasteiger partial charge >= 0.3 is 0 Å². The van der Waals surface area contributed by atoms with Crippen molar-refractivity contribution >= 4 is 5.69 Å². The van der Waals surface area contributed by atoms with E-state index in [2.05, 4.69) is 42.3 Å². The predicted octanol–water partition coefficient (Wildman–Crippen LogP) is 3.25. The van der Waals surface area contributed by atoms with Crippen molar-refractivity contribution in [3.8, 4) is 5.75 Å². The predicted molar refractivity (Wildman–Crippen MR) is 78.7 cm³/mol. The molecule has 0 amide bonds. The molecule has 3 nitrogen and oxygen atoms in total. The summed E-state index contributed by atoms with van der Waals surface area (Å²) in [6.07, 6.45) is 3.91. The maximum atomic E-state index is 5.88. The maximum absolute atomic E-state index is 5.88. The van der Waals surface area contributed by atoms with Crippen LogP contribution >= 0.6 is 0 Å². The zero-order valence-corrected chi connectivity index (χ0v) is 12.0. The molecule has 0 saturated carbocycles. The Hall–Kier alpha value is -1.22. The first kappa shape index (κ1) is 12.8. The first-order chi connectivity index (χ1) is 9.29. The molecule has 2 aliphatic heterocycles. The molecule has 1 aromatic rings. The van der Waals surface area contributed by atoms with Crippen molar-refractivity contribution in [1.82, 2.24) is 4.90 Å². The number of fused-ring (bicyclic) bond motifs is 1. The van der Waals surface area contributed by atoms with Gasteiger partial charge in [0.2, 0.25) is 0 Å². The van der Waals surface area contributed by atoms with Crippen LogP contribution in [0.2, 0.25) is 0 Å². The number of nitrogens with one attached hydrogen (secondary N) is 1. The van der Waals surface area contributed by atoms with E-state index in [-0.39, 0.29) is 0 Å². The van der Waals surface area contributed by atoms with E-state index in [1.807, 2.05) is 0 Å². The number of para-hydroxylation sites is 1. The van der Waals surface area contributed by atoms with Crippen LogP contribution in [0, 0.1) is 0 Å². The second-order valence-corrected chi connectivity index (χ2v) is 5.73. The molecule has 0 bridgehead atoms. The molecular formula is C16H24N2O. The Bertz CT molecular complexity index is 446. The van der Waals surface area contributed by atoms with Crippen LogP contribution in [0.5, 0.6) is 5.75 Å². The quantitative estimate of drug-likeness (QED) is 0.903. The Labute approximate surface area is 115 Å². The summed E-state index contributed by atoms with van der Waals surface area (Å²) in [6, 6.07) is 7.89. The highest BCUT2D eigenvalue weighted by atomic mass is 16.5. The van der Waals surface area contributed by atoms with Crippen LogP contribution in [0.3, 0.4) is 0 Å². The molecule has 1 aromatic carbocycles. The smallest absolute Gasteiger partial charge is 0.146 e. The molecule has 104 valence electrons. The molecule has 1 fully saturated rings. The molecule has 1 saturated heterocycles. The van der Waals surface area contributed by atoms with Gasteiger partial charge in [-0.2, -0.15) is 0 Å². The minimum Gasteiger partial charge on any atom is -0.489 e. The summed E-state index contributed by atoms with van der Waals surface area (Å²) in [5.41, 5.74) is 2.49. The second-order valence-electron chi connectivity index (χ2n) is 5.73. The van der Waals surface area contributed by atoms with Crippen LogP contribution < -0.4 is 10.1 Å². The number of nitrogens with zero attached hydrogens (tertiary/aromatic N) is 1. The van der Waals surface area contributed by atoms with Gasteiger partial charge in [0.25, 0.3) is 0 Å². The molecule has 3 rings (SSSR count). The van der Waals surface area contributed by atoms with Gasteiger partial charge in [-0.25, -0.2) is 0 Å². The van der Waals surface area contributed by atoms with Crippen molar-refractivity contribution in [3.63, 3.8) is 0 Å². The lowest BCUT2D eigenvalue weighted by Crippen LogP contribution is -2.34. The van der Waals surface area contributed by atoms with Crippen molar-refractivity contribution < 1.29 is 4.74 Å². The van der Waals surface area contributed by atoms with Gasteiger partial charge < -0.3 is 10.1 Å². The van der Waals surface area contributed by atoms with E-state index in [9.17, 15) is 0 Å². The molecule has 3 heteroatoms. The van der Waals surface area contributed by atoms with Gasteiger partial charge in [0.1, 0.15) is 12.4 Å². The highest BCUT2D eigenvalue weighted by Crippen LogP contribution is 2.35. The maximum Gasteiger partial charge on any atom is 0.146 e. The molecule has 2 aliphatic rings. The van der Waals surface area contributed by atoms with Crippen LogP contribution in [-0.4, -0.2) is 30.1 Å². The Balaban J connectivity index is 1.83. The van der Waals surface area contributed by atoms with Crippen LogP contribution in [0.1, 0.15) is 38.7 Å². The van der Waals surface area contributed by atoms with Crippen molar-refractivity contribution in [3.05, 3.63) is 23.8 Å². The SMILES string of the molecule is CCC1CCC(C)N1Cc1cccc2c1OCCN2. The van der Waals surface area contributed by atoms with E-state index in [0.717, 1.165) is 37.2 Å². The summed E-state index contributed by atoms with van der Waals surface area (Å²) in [6.45, 7) is 7.35. The Morgan fingerprint density at radius 1 is 1.37 bits per heavy atom. The molecule has 2 unspecified atom stereocenters. The topological polar surface area (TPSA) is 24.5 Å². The monoisotopic (exact) mass is 260 g/mol. The first-order valence-electron chi connectivity index (χ1n) is 7.54. The van der Waals surface area contributed by atoms with Crippen molar-refractivity contribution in [1.29, 1.82) is 0 Å². The zero-order valence-electron chi connectivity index (χ0n) is 12.0. The number of ether oxygens (including phenoxy) is 1. The number of hydrogen-bond acceptors (Lipinski definition) is 3. The van der Waals surface area contributed by atoms with E-state index in [0.29, 0.717) is 6.04 Å². The van der Waals surface area contributed by atoms with Crippen LogP contribution in [0.25, 0.3) is 0 Å². The average Bonchev–Trinajstić information content (AvgIpc) is 2.80. The number of anilines is 1. The van der Waals surface area contributed by atoms with Gasteiger partial charge in [-0.1, -0.05) is 19.1 Å². The molecule has 0 spiro atoms. The van der Waals surface area contributed by atoms with Crippen molar-refractivity contribution in [2.24, 2.45) is 0 Å². The number of benzene rings is 1. The molecule has 0 aromatic heterocycles.